The van der Waals surface area contributed by atoms with E-state index in [1.165, 1.54) is 11.8 Å². The highest BCUT2D eigenvalue weighted by atomic mass is 32.2. The molecule has 0 N–H and O–H groups in total. The second kappa shape index (κ2) is 10.2. The van der Waals surface area contributed by atoms with Gasteiger partial charge in [0, 0.05) is 32.1 Å². The third-order valence-electron chi connectivity index (χ3n) is 5.54. The standard InChI is InChI=1S/C20H29N3O4S/c1-2-26-18(25)20(14-16-6-3-4-13-27-16)7-11-23(12-8-20)17(24)15-28-19-21-9-5-10-22-19/h5,9-10,16H,2-4,6-8,11-15H2,1H3/t16-/m0/s1. The molecule has 2 fully saturated rings. The molecular weight excluding hydrogens is 378 g/mol. The Balaban J connectivity index is 1.56. The zero-order chi connectivity index (χ0) is 19.8. The number of carbonyl (C=O) groups excluding carboxylic acids is 2. The molecule has 0 unspecified atom stereocenters. The highest BCUT2D eigenvalue weighted by Gasteiger charge is 2.45. The van der Waals surface area contributed by atoms with Crippen molar-refractivity contribution in [1.82, 2.24) is 14.9 Å². The minimum Gasteiger partial charge on any atom is -0.466 e. The van der Waals surface area contributed by atoms with E-state index >= 15 is 0 Å². The van der Waals surface area contributed by atoms with Crippen LogP contribution < -0.4 is 0 Å². The summed E-state index contributed by atoms with van der Waals surface area (Å²) < 4.78 is 11.3. The van der Waals surface area contributed by atoms with E-state index in [2.05, 4.69) is 9.97 Å². The van der Waals surface area contributed by atoms with Crippen LogP contribution in [-0.2, 0) is 19.1 Å². The fraction of sp³-hybridized carbons (Fsp3) is 0.700. The number of carbonyl (C=O) groups is 2. The Hall–Kier alpha value is -1.67. The van der Waals surface area contributed by atoms with Crippen LogP contribution in [0.1, 0.15) is 45.4 Å². The number of rotatable bonds is 7. The molecule has 1 amide bonds. The molecule has 7 nitrogen and oxygen atoms in total. The number of aromatic nitrogens is 2. The van der Waals surface area contributed by atoms with Gasteiger partial charge in [0.2, 0.25) is 5.91 Å². The molecule has 3 rings (SSSR count). The fourth-order valence-corrected chi connectivity index (χ4v) is 4.65. The van der Waals surface area contributed by atoms with Crippen molar-refractivity contribution in [1.29, 1.82) is 0 Å². The summed E-state index contributed by atoms with van der Waals surface area (Å²) in [6.45, 7) is 4.13. The van der Waals surface area contributed by atoms with E-state index in [9.17, 15) is 9.59 Å². The molecule has 1 aromatic heterocycles. The van der Waals surface area contributed by atoms with Gasteiger partial charge >= 0.3 is 5.97 Å². The lowest BCUT2D eigenvalue weighted by molar-refractivity contribution is -0.164. The Kier molecular flexibility index (Phi) is 7.67. The molecule has 3 heterocycles. The van der Waals surface area contributed by atoms with Gasteiger partial charge < -0.3 is 14.4 Å². The van der Waals surface area contributed by atoms with Gasteiger partial charge in [-0.25, -0.2) is 9.97 Å². The minimum absolute atomic E-state index is 0.0591. The second-order valence-electron chi connectivity index (χ2n) is 7.39. The van der Waals surface area contributed by atoms with Crippen molar-refractivity contribution in [3.05, 3.63) is 18.5 Å². The molecular formula is C20H29N3O4S. The number of hydrogen-bond acceptors (Lipinski definition) is 7. The molecule has 154 valence electrons. The van der Waals surface area contributed by atoms with Gasteiger partial charge in [0.25, 0.3) is 0 Å². The lowest BCUT2D eigenvalue weighted by Crippen LogP contribution is -2.49. The smallest absolute Gasteiger partial charge is 0.312 e. The first-order valence-corrected chi connectivity index (χ1v) is 11.1. The largest absolute Gasteiger partial charge is 0.466 e. The summed E-state index contributed by atoms with van der Waals surface area (Å²) in [6, 6.07) is 1.75. The number of thioether (sulfide) groups is 1. The van der Waals surface area contributed by atoms with Crippen LogP contribution in [0, 0.1) is 5.41 Å². The van der Waals surface area contributed by atoms with Gasteiger partial charge in [-0.15, -0.1) is 0 Å². The van der Waals surface area contributed by atoms with E-state index in [1.807, 2.05) is 11.8 Å². The van der Waals surface area contributed by atoms with Crippen molar-refractivity contribution in [2.45, 2.75) is 56.7 Å². The molecule has 2 aliphatic rings. The van der Waals surface area contributed by atoms with Crippen LogP contribution in [0.25, 0.3) is 0 Å². The highest BCUT2D eigenvalue weighted by Crippen LogP contribution is 2.40. The fourth-order valence-electron chi connectivity index (χ4n) is 3.94. The molecule has 0 aliphatic carbocycles. The molecule has 8 heteroatoms. The number of hydrogen-bond donors (Lipinski definition) is 0. The molecule has 2 saturated heterocycles. The molecule has 0 saturated carbocycles. The quantitative estimate of drug-likeness (QED) is 0.390. The first-order chi connectivity index (χ1) is 13.6. The van der Waals surface area contributed by atoms with Crippen LogP contribution in [0.4, 0.5) is 0 Å². The normalized spacial score (nSPS) is 21.9. The Morgan fingerprint density at radius 2 is 2.04 bits per heavy atom. The van der Waals surface area contributed by atoms with E-state index < -0.39 is 5.41 Å². The number of amides is 1. The predicted molar refractivity (Wildman–Crippen MR) is 106 cm³/mol. The maximum Gasteiger partial charge on any atom is 0.312 e. The van der Waals surface area contributed by atoms with Crippen LogP contribution in [0.2, 0.25) is 0 Å². The van der Waals surface area contributed by atoms with Gasteiger partial charge in [-0.1, -0.05) is 11.8 Å². The molecule has 1 atom stereocenters. The first kappa shape index (κ1) is 21.0. The number of nitrogens with zero attached hydrogens (tertiary/aromatic N) is 3. The van der Waals surface area contributed by atoms with Crippen molar-refractivity contribution in [2.24, 2.45) is 5.41 Å². The Morgan fingerprint density at radius 1 is 1.29 bits per heavy atom. The molecule has 0 spiro atoms. The van der Waals surface area contributed by atoms with Crippen LogP contribution in [0.15, 0.2) is 23.6 Å². The minimum atomic E-state index is -0.537. The molecule has 28 heavy (non-hydrogen) atoms. The van der Waals surface area contributed by atoms with Gasteiger partial charge in [0.05, 0.1) is 23.9 Å². The number of likely N-dealkylation sites (tertiary alicyclic amines) is 1. The summed E-state index contributed by atoms with van der Waals surface area (Å²) in [5.74, 6) is 0.231. The summed E-state index contributed by atoms with van der Waals surface area (Å²) in [6.07, 6.45) is 8.64. The average molecular weight is 408 g/mol. The maximum atomic E-state index is 12.8. The monoisotopic (exact) mass is 407 g/mol. The molecule has 1 aromatic rings. The third-order valence-corrected chi connectivity index (χ3v) is 6.40. The molecule has 0 bridgehead atoms. The van der Waals surface area contributed by atoms with Gasteiger partial charge in [-0.05, 0) is 51.5 Å². The van der Waals surface area contributed by atoms with Crippen LogP contribution >= 0.6 is 11.8 Å². The van der Waals surface area contributed by atoms with Gasteiger partial charge in [0.1, 0.15) is 0 Å². The van der Waals surface area contributed by atoms with Crippen molar-refractivity contribution in [2.75, 3.05) is 32.1 Å². The summed E-state index contributed by atoms with van der Waals surface area (Å²) in [5.41, 5.74) is -0.537. The lowest BCUT2D eigenvalue weighted by atomic mass is 9.73. The SMILES string of the molecule is CCOC(=O)C1(C[C@@H]2CCCCO2)CCN(C(=O)CSc2ncccn2)CC1. The molecule has 0 aromatic carbocycles. The van der Waals surface area contributed by atoms with Crippen LogP contribution in [0.3, 0.4) is 0 Å². The van der Waals surface area contributed by atoms with Crippen LogP contribution in [0.5, 0.6) is 0 Å². The van der Waals surface area contributed by atoms with Crippen LogP contribution in [-0.4, -0.2) is 64.9 Å². The van der Waals surface area contributed by atoms with E-state index in [0.717, 1.165) is 25.9 Å². The summed E-state index contributed by atoms with van der Waals surface area (Å²) in [4.78, 5) is 35.5. The summed E-state index contributed by atoms with van der Waals surface area (Å²) in [5, 5.41) is 0.600. The lowest BCUT2D eigenvalue weighted by Gasteiger charge is -2.42. The van der Waals surface area contributed by atoms with E-state index in [0.29, 0.717) is 49.9 Å². The zero-order valence-electron chi connectivity index (χ0n) is 16.5. The van der Waals surface area contributed by atoms with Crippen molar-refractivity contribution in [3.8, 4) is 0 Å². The Labute approximate surface area is 170 Å². The highest BCUT2D eigenvalue weighted by molar-refractivity contribution is 7.99. The summed E-state index contributed by atoms with van der Waals surface area (Å²) >= 11 is 1.34. The predicted octanol–water partition coefficient (Wildman–Crippen LogP) is 2.70. The topological polar surface area (TPSA) is 81.6 Å². The Bertz CT molecular complexity index is 644. The zero-order valence-corrected chi connectivity index (χ0v) is 17.3. The third kappa shape index (κ3) is 5.44. The van der Waals surface area contributed by atoms with Crippen molar-refractivity contribution >= 4 is 23.6 Å². The summed E-state index contributed by atoms with van der Waals surface area (Å²) in [7, 11) is 0. The molecule has 0 radical (unpaired) electrons. The Morgan fingerprint density at radius 3 is 2.68 bits per heavy atom. The van der Waals surface area contributed by atoms with E-state index in [4.69, 9.17) is 9.47 Å². The average Bonchev–Trinajstić information content (AvgIpc) is 2.74. The number of esters is 1. The number of piperidine rings is 1. The molecule has 2 aliphatic heterocycles. The van der Waals surface area contributed by atoms with E-state index in [-0.39, 0.29) is 18.0 Å². The second-order valence-corrected chi connectivity index (χ2v) is 8.34. The van der Waals surface area contributed by atoms with Gasteiger partial charge in [-0.3, -0.25) is 9.59 Å². The van der Waals surface area contributed by atoms with Gasteiger partial charge in [-0.2, -0.15) is 0 Å². The maximum absolute atomic E-state index is 12.8. The number of ether oxygens (including phenoxy) is 2. The van der Waals surface area contributed by atoms with Crippen molar-refractivity contribution in [3.63, 3.8) is 0 Å². The van der Waals surface area contributed by atoms with Gasteiger partial charge in [0.15, 0.2) is 5.16 Å². The van der Waals surface area contributed by atoms with Crippen molar-refractivity contribution < 1.29 is 19.1 Å². The van der Waals surface area contributed by atoms with E-state index in [1.54, 1.807) is 18.5 Å². The first-order valence-electron chi connectivity index (χ1n) is 10.1.